The molecule has 0 saturated heterocycles. The molecule has 606 valence electrons. The number of H-pyrrole nitrogens is 3. The van der Waals surface area contributed by atoms with Crippen LogP contribution in [0.4, 0.5) is 47.3 Å². The third-order valence-corrected chi connectivity index (χ3v) is 20.4. The van der Waals surface area contributed by atoms with Crippen molar-refractivity contribution in [3.63, 3.8) is 0 Å². The third-order valence-electron chi connectivity index (χ3n) is 20.4. The molecule has 9 heterocycles. The maximum Gasteiger partial charge on any atom is 0.276 e. The first-order valence-electron chi connectivity index (χ1n) is 38.8. The number of amides is 9. The van der Waals surface area contributed by atoms with Gasteiger partial charge in [0, 0.05) is 137 Å². The predicted octanol–water partition coefficient (Wildman–Crippen LogP) is 14.6. The number of anilines is 6. The van der Waals surface area contributed by atoms with Crippen LogP contribution < -0.4 is 31.9 Å². The summed E-state index contributed by atoms with van der Waals surface area (Å²) in [6, 6.07) is 48.5. The second-order valence-electron chi connectivity index (χ2n) is 29.3. The fourth-order valence-corrected chi connectivity index (χ4v) is 14.8. The number of rotatable bonds is 21. The molecule has 0 aliphatic carbocycles. The lowest BCUT2D eigenvalue weighted by atomic mass is 9.95. The monoisotopic (exact) mass is 1600 g/mol. The van der Waals surface area contributed by atoms with Crippen molar-refractivity contribution >= 4 is 87.3 Å². The fraction of sp³-hybridized carbons (Fsp3) is 0.250. The maximum atomic E-state index is 14.4. The first-order valence-corrected chi connectivity index (χ1v) is 38.8. The number of hydrogen-bond acceptors (Lipinski definition) is 12. The third kappa shape index (κ3) is 19.3. The van der Waals surface area contributed by atoms with Gasteiger partial charge in [0.2, 0.25) is 17.7 Å². The van der Waals surface area contributed by atoms with Gasteiger partial charge in [-0.25, -0.2) is 13.2 Å². The first-order chi connectivity index (χ1) is 56.9. The van der Waals surface area contributed by atoms with E-state index in [-0.39, 0.29) is 126 Å². The molecule has 9 N–H and O–H groups in total. The van der Waals surface area contributed by atoms with E-state index in [4.69, 9.17) is 10.2 Å². The van der Waals surface area contributed by atoms with Crippen LogP contribution in [0.25, 0.3) is 0 Å². The molecule has 9 amide bonds. The molecule has 0 spiro atoms. The number of carbonyl (C=O) groups excluding carboxylic acids is 9. The average molecular weight is 1600 g/mol. The number of aryl methyl sites for hydroxylation is 1. The molecule has 27 nitrogen and oxygen atoms in total. The second kappa shape index (κ2) is 36.5. The number of aromatic nitrogens is 9. The Balaban J connectivity index is 0.000000153. The van der Waals surface area contributed by atoms with Crippen molar-refractivity contribution < 1.29 is 56.3 Å². The summed E-state index contributed by atoms with van der Waals surface area (Å²) in [6.07, 6.45) is 6.03. The van der Waals surface area contributed by atoms with Crippen LogP contribution in [-0.2, 0) is 53.7 Å². The highest BCUT2D eigenvalue weighted by Gasteiger charge is 2.39. The standard InChI is InChI=1S/C30H31FN6O3.2C29H29FN6O3/c1-4-26(38)34-25-14-20(10-11-23(25)31)16-37-28-19(3)15-36(30(40)24-9-6-12-32-24)17-22(28)27(35-37)29(39)33-21-8-5-7-18(2)13-21;1-3-25(37)32-21-6-4-7-22(14-21)33-28(38)26-23-17-35(29(39)24-8-5-13-31-24)15-18(2)27(23)36(34-26)16-19-9-11-20(30)12-10-19;1-3-25(37)32-21-10-12-22(13-11-21)33-28(38)26-23-17-35(29(39)24-5-4-14-31-24)15-18(2)27(23)36(34-26)16-19-6-8-20(30)9-7-19/h5-14,19,32H,4,15-17H2,1-3H3,(H,33,39)(H,34,38);2*4-14,18,31H,3,15-17H2,1-2H3,(H,32,37)(H,33,38). The predicted molar refractivity (Wildman–Crippen MR) is 440 cm³/mol. The van der Waals surface area contributed by atoms with Crippen molar-refractivity contribution in [1.82, 2.24) is 59.0 Å². The van der Waals surface area contributed by atoms with Gasteiger partial charge in [0.1, 0.15) is 34.5 Å². The zero-order valence-corrected chi connectivity index (χ0v) is 66.0. The number of benzene rings is 6. The van der Waals surface area contributed by atoms with Crippen LogP contribution in [0.3, 0.4) is 0 Å². The topological polar surface area (TPSA) is 336 Å². The molecule has 30 heteroatoms. The number of aromatic amines is 3. The number of hydrogen-bond donors (Lipinski definition) is 9. The summed E-state index contributed by atoms with van der Waals surface area (Å²) >= 11 is 0. The minimum atomic E-state index is -0.530. The van der Waals surface area contributed by atoms with Gasteiger partial charge >= 0.3 is 0 Å². The van der Waals surface area contributed by atoms with Gasteiger partial charge in [0.05, 0.1) is 45.0 Å². The smallest absolute Gasteiger partial charge is 0.276 e. The van der Waals surface area contributed by atoms with Crippen molar-refractivity contribution in [2.75, 3.05) is 51.5 Å². The van der Waals surface area contributed by atoms with Gasteiger partial charge in [-0.05, 0) is 157 Å². The Bertz CT molecular complexity index is 5680. The molecule has 15 rings (SSSR count). The largest absolute Gasteiger partial charge is 0.357 e. The van der Waals surface area contributed by atoms with Crippen molar-refractivity contribution in [1.29, 1.82) is 0 Å². The molecule has 0 fully saturated rings. The zero-order chi connectivity index (χ0) is 83.4. The highest BCUT2D eigenvalue weighted by Crippen LogP contribution is 2.37. The summed E-state index contributed by atoms with van der Waals surface area (Å²) in [5.74, 6) is -3.71. The van der Waals surface area contributed by atoms with E-state index >= 15 is 0 Å². The van der Waals surface area contributed by atoms with E-state index in [9.17, 15) is 56.3 Å². The molecule has 3 aliphatic rings. The molecule has 3 aliphatic heterocycles. The Labute approximate surface area is 677 Å². The Morgan fingerprint density at radius 3 is 1.10 bits per heavy atom. The van der Waals surface area contributed by atoms with Crippen LogP contribution in [0.1, 0.15) is 198 Å². The molecule has 3 atom stereocenters. The van der Waals surface area contributed by atoms with Crippen molar-refractivity contribution in [2.45, 2.75) is 125 Å². The normalized spacial score (nSPS) is 14.5. The molecule has 0 bridgehead atoms. The molecule has 6 aromatic heterocycles. The molecule has 118 heavy (non-hydrogen) atoms. The SMILES string of the molecule is CCC(=O)Nc1cc(Cn2nc(C(=O)Nc3cccc(C)c3)c3c2C(C)CN(C(=O)c2ccc[nH]2)C3)ccc1F.CCC(=O)Nc1ccc(NC(=O)c2nn(Cc3ccc(F)cc3)c3c2CN(C(=O)c2ccc[nH]2)CC3C)cc1.CCC(=O)Nc1cccc(NC(=O)c2nn(Cc3ccc(F)cc3)c3c2CN(C(=O)c2ccc[nH]2)CC3C)c1. The Kier molecular flexibility index (Phi) is 25.3. The average Bonchev–Trinajstić information content (AvgIpc) is 1.62. The van der Waals surface area contributed by atoms with Gasteiger partial charge in [0.25, 0.3) is 35.4 Å². The Morgan fingerprint density at radius 2 is 0.720 bits per heavy atom. The summed E-state index contributed by atoms with van der Waals surface area (Å²) in [4.78, 5) is 129. The number of carbonyl (C=O) groups is 9. The van der Waals surface area contributed by atoms with Crippen molar-refractivity contribution in [2.24, 2.45) is 0 Å². The lowest BCUT2D eigenvalue weighted by molar-refractivity contribution is -0.116. The van der Waals surface area contributed by atoms with E-state index in [1.54, 1.807) is 189 Å². The molecule has 3 unspecified atom stereocenters. The minimum Gasteiger partial charge on any atom is -0.357 e. The zero-order valence-electron chi connectivity index (χ0n) is 66.0. The fourth-order valence-electron chi connectivity index (χ4n) is 14.8. The van der Waals surface area contributed by atoms with Crippen molar-refractivity contribution in [3.8, 4) is 0 Å². The van der Waals surface area contributed by atoms with Crippen LogP contribution in [0.2, 0.25) is 0 Å². The van der Waals surface area contributed by atoms with Crippen LogP contribution in [0, 0.1) is 24.4 Å². The number of halogens is 3. The molecule has 12 aromatic rings. The van der Waals surface area contributed by atoms with Gasteiger partial charge in [-0.3, -0.25) is 57.2 Å². The highest BCUT2D eigenvalue weighted by molar-refractivity contribution is 6.07. The van der Waals surface area contributed by atoms with Gasteiger partial charge in [-0.1, -0.05) is 90.1 Å². The van der Waals surface area contributed by atoms with Crippen molar-refractivity contribution in [3.05, 3.63) is 302 Å². The van der Waals surface area contributed by atoms with Gasteiger partial charge in [0.15, 0.2) is 17.1 Å². The number of fused-ring (bicyclic) bond motifs is 3. The highest BCUT2D eigenvalue weighted by atomic mass is 19.1. The van der Waals surface area contributed by atoms with Gasteiger partial charge in [-0.15, -0.1) is 0 Å². The molecule has 6 aromatic carbocycles. The van der Waals surface area contributed by atoms with E-state index < -0.39 is 17.6 Å². The van der Waals surface area contributed by atoms with E-state index in [0.717, 1.165) is 33.8 Å². The molecule has 0 saturated carbocycles. The van der Waals surface area contributed by atoms with Crippen LogP contribution in [0.5, 0.6) is 0 Å². The summed E-state index contributed by atoms with van der Waals surface area (Å²) < 4.78 is 46.7. The summed E-state index contributed by atoms with van der Waals surface area (Å²) in [5.41, 5.74) is 13.1. The van der Waals surface area contributed by atoms with Gasteiger partial charge < -0.3 is 61.6 Å². The quantitative estimate of drug-likeness (QED) is 0.0324. The van der Waals surface area contributed by atoms with Crippen LogP contribution in [0.15, 0.2) is 195 Å². The number of nitrogens with one attached hydrogen (secondary N) is 9. The number of nitrogens with zero attached hydrogens (tertiary/aromatic N) is 9. The summed E-state index contributed by atoms with van der Waals surface area (Å²) in [6.45, 7) is 16.2. The Hall–Kier alpha value is -14.2. The lowest BCUT2D eigenvalue weighted by Gasteiger charge is -2.32. The second-order valence-corrected chi connectivity index (χ2v) is 29.3. The summed E-state index contributed by atoms with van der Waals surface area (Å²) in [5, 5.41) is 31.0. The molecular weight excluding hydrogens is 1510 g/mol. The van der Waals surface area contributed by atoms with Gasteiger partial charge in [-0.2, -0.15) is 15.3 Å². The molecular formula is C88H89F3N18O9. The molecule has 0 radical (unpaired) electrons. The Morgan fingerprint density at radius 1 is 0.381 bits per heavy atom. The van der Waals surface area contributed by atoms with E-state index in [1.165, 1.54) is 30.3 Å². The lowest BCUT2D eigenvalue weighted by Crippen LogP contribution is -2.38. The minimum absolute atomic E-state index is 0.0939. The van der Waals surface area contributed by atoms with E-state index in [1.807, 2.05) is 52.0 Å². The first kappa shape index (κ1) is 81.8. The van der Waals surface area contributed by atoms with E-state index in [2.05, 4.69) is 52.0 Å². The van der Waals surface area contributed by atoms with E-state index in [0.29, 0.717) is 113 Å². The van der Waals surface area contributed by atoms with Crippen LogP contribution >= 0.6 is 0 Å². The maximum absolute atomic E-state index is 14.4. The van der Waals surface area contributed by atoms with Crippen LogP contribution in [-0.4, -0.2) is 132 Å². The summed E-state index contributed by atoms with van der Waals surface area (Å²) in [7, 11) is 0.